The molecule has 2 nitrogen and oxygen atoms in total. The van der Waals surface area contributed by atoms with Gasteiger partial charge in [-0.25, -0.2) is 0 Å². The lowest BCUT2D eigenvalue weighted by molar-refractivity contribution is 0.290. The first-order valence-corrected chi connectivity index (χ1v) is 4.69. The van der Waals surface area contributed by atoms with Crippen LogP contribution in [0.4, 0.5) is 3.89 Å². The van der Waals surface area contributed by atoms with E-state index in [1.165, 1.54) is 0 Å². The van der Waals surface area contributed by atoms with Gasteiger partial charge in [0.05, 0.1) is 6.61 Å². The molecule has 0 aromatic rings. The number of aliphatic hydroxyl groups is 1. The highest BCUT2D eigenvalue weighted by atomic mass is 32.2. The van der Waals surface area contributed by atoms with Gasteiger partial charge in [0.1, 0.15) is 5.76 Å². The molecule has 1 aliphatic carbocycles. The summed E-state index contributed by atoms with van der Waals surface area (Å²) >= 11 is -0.140. The molecule has 1 unspecified atom stereocenters. The lowest BCUT2D eigenvalue weighted by Gasteiger charge is -2.21. The van der Waals surface area contributed by atoms with Crippen molar-refractivity contribution in [3.05, 3.63) is 11.3 Å². The van der Waals surface area contributed by atoms with E-state index in [-0.39, 0.29) is 19.0 Å². The molecule has 70 valence electrons. The van der Waals surface area contributed by atoms with Crippen molar-refractivity contribution >= 4 is 12.4 Å². The maximum Gasteiger partial charge on any atom is 0.271 e. The predicted molar refractivity (Wildman–Crippen MR) is 46.9 cm³/mol. The van der Waals surface area contributed by atoms with Crippen molar-refractivity contribution in [3.8, 4) is 0 Å². The van der Waals surface area contributed by atoms with Crippen LogP contribution >= 0.6 is 12.4 Å². The molecule has 0 amide bonds. The van der Waals surface area contributed by atoms with Gasteiger partial charge in [0, 0.05) is 6.42 Å². The molecule has 4 heteroatoms. The zero-order valence-electron chi connectivity index (χ0n) is 7.05. The molecule has 0 aromatic carbocycles. The van der Waals surface area contributed by atoms with Crippen molar-refractivity contribution in [2.75, 3.05) is 6.61 Å². The number of allylic oxidation sites excluding steroid dienone is 1. The van der Waals surface area contributed by atoms with Gasteiger partial charge in [-0.3, -0.25) is 0 Å². The molecule has 0 saturated carbocycles. The van der Waals surface area contributed by atoms with Crippen LogP contribution in [0.3, 0.4) is 0 Å². The summed E-state index contributed by atoms with van der Waals surface area (Å²) in [5.74, 6) is 1.16. The molecule has 0 heterocycles. The van der Waals surface area contributed by atoms with E-state index in [0.29, 0.717) is 11.7 Å². The molecule has 1 aliphatic rings. The maximum absolute atomic E-state index is 11.8. The first-order valence-electron chi connectivity index (χ1n) is 4.05. The van der Waals surface area contributed by atoms with Crippen LogP contribution < -0.4 is 0 Å². The first-order chi connectivity index (χ1) is 5.77. The minimum atomic E-state index is -0.140. The summed E-state index contributed by atoms with van der Waals surface area (Å²) in [4.78, 5) is 0. The molecule has 0 fully saturated rings. The van der Waals surface area contributed by atoms with Gasteiger partial charge in [-0.15, -0.1) is 3.89 Å². The Labute approximate surface area is 76.3 Å². The van der Waals surface area contributed by atoms with Gasteiger partial charge in [-0.1, -0.05) is 6.92 Å². The third kappa shape index (κ3) is 2.38. The van der Waals surface area contributed by atoms with Crippen LogP contribution in [0.1, 0.15) is 26.2 Å². The summed E-state index contributed by atoms with van der Waals surface area (Å²) in [6, 6.07) is 0. The minimum Gasteiger partial charge on any atom is -0.402 e. The monoisotopic (exact) mass is 192 g/mol. The molecule has 0 aliphatic heterocycles. The predicted octanol–water partition coefficient (Wildman–Crippen LogP) is 2.60. The maximum atomic E-state index is 11.8. The molecule has 1 atom stereocenters. The van der Waals surface area contributed by atoms with Gasteiger partial charge in [0.15, 0.2) is 0 Å². The molecule has 12 heavy (non-hydrogen) atoms. The van der Waals surface area contributed by atoms with E-state index in [1.807, 2.05) is 0 Å². The quantitative estimate of drug-likeness (QED) is 0.697. The van der Waals surface area contributed by atoms with E-state index in [4.69, 9.17) is 9.29 Å². The summed E-state index contributed by atoms with van der Waals surface area (Å²) < 4.78 is 16.5. The molecule has 0 aromatic heterocycles. The van der Waals surface area contributed by atoms with Gasteiger partial charge in [0.25, 0.3) is 12.4 Å². The van der Waals surface area contributed by atoms with Crippen LogP contribution in [-0.4, -0.2) is 11.7 Å². The van der Waals surface area contributed by atoms with Crippen molar-refractivity contribution in [1.82, 2.24) is 0 Å². The second-order valence-corrected chi connectivity index (χ2v) is 3.47. The lowest BCUT2D eigenvalue weighted by atomic mass is 9.90. The number of hydrogen-bond donors (Lipinski definition) is 1. The molecule has 1 N–H and O–H groups in total. The third-order valence-electron chi connectivity index (χ3n) is 2.19. The van der Waals surface area contributed by atoms with Gasteiger partial charge in [-0.05, 0) is 24.3 Å². The van der Waals surface area contributed by atoms with Gasteiger partial charge in [0.2, 0.25) is 0 Å². The van der Waals surface area contributed by atoms with E-state index in [9.17, 15) is 3.89 Å². The normalized spacial score (nSPS) is 24.4. The highest BCUT2D eigenvalue weighted by molar-refractivity contribution is 7.89. The average Bonchev–Trinajstić information content (AvgIpc) is 2.05. The lowest BCUT2D eigenvalue weighted by Crippen LogP contribution is -2.10. The Bertz CT molecular complexity index is 182. The Morgan fingerprint density at radius 3 is 3.08 bits per heavy atom. The summed E-state index contributed by atoms with van der Waals surface area (Å²) in [5, 5.41) is 8.90. The SMILES string of the molecule is CC1CCC(CO)=C(OSF)C1. The van der Waals surface area contributed by atoms with E-state index < -0.39 is 0 Å². The second kappa shape index (κ2) is 4.72. The smallest absolute Gasteiger partial charge is 0.271 e. The average molecular weight is 192 g/mol. The Morgan fingerprint density at radius 2 is 2.50 bits per heavy atom. The molecule has 1 rings (SSSR count). The summed E-state index contributed by atoms with van der Waals surface area (Å²) in [6.07, 6.45) is 2.63. The Balaban J connectivity index is 2.63. The topological polar surface area (TPSA) is 29.5 Å². The fourth-order valence-corrected chi connectivity index (χ4v) is 1.68. The van der Waals surface area contributed by atoms with E-state index in [1.54, 1.807) is 0 Å². The second-order valence-electron chi connectivity index (χ2n) is 3.18. The standard InChI is InChI=1S/C8H13FO2S/c1-6-2-3-7(5-10)8(4-6)11-12-9/h6,10H,2-5H2,1H3. The van der Waals surface area contributed by atoms with Crippen LogP contribution in [0.25, 0.3) is 0 Å². The summed E-state index contributed by atoms with van der Waals surface area (Å²) in [6.45, 7) is 2.09. The van der Waals surface area contributed by atoms with Gasteiger partial charge in [-0.2, -0.15) is 0 Å². The van der Waals surface area contributed by atoms with Crippen LogP contribution in [-0.2, 0) is 4.18 Å². The third-order valence-corrected chi connectivity index (χ3v) is 2.45. The number of halogens is 1. The Kier molecular flexibility index (Phi) is 3.88. The molecule has 0 bridgehead atoms. The van der Waals surface area contributed by atoms with E-state index >= 15 is 0 Å². The van der Waals surface area contributed by atoms with Gasteiger partial charge >= 0.3 is 0 Å². The zero-order valence-corrected chi connectivity index (χ0v) is 7.86. The Morgan fingerprint density at radius 1 is 1.75 bits per heavy atom. The molecule has 0 spiro atoms. The van der Waals surface area contributed by atoms with Crippen molar-refractivity contribution in [1.29, 1.82) is 0 Å². The summed E-state index contributed by atoms with van der Waals surface area (Å²) in [7, 11) is 0. The largest absolute Gasteiger partial charge is 0.402 e. The Hall–Kier alpha value is -0.220. The van der Waals surface area contributed by atoms with Crippen LogP contribution in [0.2, 0.25) is 0 Å². The van der Waals surface area contributed by atoms with Crippen LogP contribution in [0.15, 0.2) is 11.3 Å². The zero-order chi connectivity index (χ0) is 8.97. The van der Waals surface area contributed by atoms with Crippen molar-refractivity contribution in [2.24, 2.45) is 5.92 Å². The first kappa shape index (κ1) is 9.86. The highest BCUT2D eigenvalue weighted by Gasteiger charge is 2.19. The number of hydrogen-bond acceptors (Lipinski definition) is 3. The van der Waals surface area contributed by atoms with Crippen molar-refractivity contribution in [2.45, 2.75) is 26.2 Å². The van der Waals surface area contributed by atoms with Gasteiger partial charge < -0.3 is 9.29 Å². The van der Waals surface area contributed by atoms with E-state index in [0.717, 1.165) is 24.8 Å². The van der Waals surface area contributed by atoms with Crippen molar-refractivity contribution < 1.29 is 13.2 Å². The van der Waals surface area contributed by atoms with Crippen molar-refractivity contribution in [3.63, 3.8) is 0 Å². The highest BCUT2D eigenvalue weighted by Crippen LogP contribution is 2.31. The summed E-state index contributed by atoms with van der Waals surface area (Å²) in [5.41, 5.74) is 0.846. The molecular formula is C8H13FO2S. The van der Waals surface area contributed by atoms with Crippen LogP contribution in [0, 0.1) is 5.92 Å². The molecular weight excluding hydrogens is 179 g/mol. The van der Waals surface area contributed by atoms with Crippen LogP contribution in [0.5, 0.6) is 0 Å². The molecule has 0 radical (unpaired) electrons. The minimum absolute atomic E-state index is 0.0113. The number of aliphatic hydroxyl groups excluding tert-OH is 1. The fourth-order valence-electron chi connectivity index (χ4n) is 1.42. The molecule has 0 saturated heterocycles. The fraction of sp³-hybridized carbons (Fsp3) is 0.750. The van der Waals surface area contributed by atoms with E-state index in [2.05, 4.69) is 6.92 Å². The number of rotatable bonds is 3.